The van der Waals surface area contributed by atoms with Crippen molar-refractivity contribution < 1.29 is 9.59 Å². The largest absolute Gasteiger partial charge is 0.389 e. The fraction of sp³-hybridized carbons (Fsp3) is 0.357. The average Bonchev–Trinajstić information content (AvgIpc) is 2.41. The molecule has 1 aliphatic rings. The van der Waals surface area contributed by atoms with E-state index >= 15 is 0 Å². The van der Waals surface area contributed by atoms with Gasteiger partial charge in [0, 0.05) is 24.2 Å². The van der Waals surface area contributed by atoms with Crippen molar-refractivity contribution in [2.45, 2.75) is 19.4 Å². The van der Waals surface area contributed by atoms with Gasteiger partial charge in [-0.2, -0.15) is 0 Å². The van der Waals surface area contributed by atoms with Crippen molar-refractivity contribution >= 4 is 29.0 Å². The summed E-state index contributed by atoms with van der Waals surface area (Å²) < 4.78 is 0. The highest BCUT2D eigenvalue weighted by molar-refractivity contribution is 7.80. The Bertz CT molecular complexity index is 584. The molecule has 0 spiro atoms. The van der Waals surface area contributed by atoms with Crippen LogP contribution in [0.3, 0.4) is 0 Å². The minimum absolute atomic E-state index is 0.150. The number of rotatable bonds is 2. The summed E-state index contributed by atoms with van der Waals surface area (Å²) in [4.78, 5) is 26.3. The molecule has 1 aliphatic heterocycles. The molecule has 2 rings (SSSR count). The van der Waals surface area contributed by atoms with Gasteiger partial charge < -0.3 is 16.0 Å². The Morgan fingerprint density at radius 3 is 2.70 bits per heavy atom. The molecule has 0 aromatic heterocycles. The molecule has 1 aromatic rings. The van der Waals surface area contributed by atoms with Gasteiger partial charge in [-0.3, -0.25) is 9.59 Å². The molecule has 0 unspecified atom stereocenters. The summed E-state index contributed by atoms with van der Waals surface area (Å²) >= 11 is 4.92. The lowest BCUT2D eigenvalue weighted by atomic mass is 9.97. The highest BCUT2D eigenvalue weighted by Gasteiger charge is 2.40. The first-order valence-corrected chi connectivity index (χ1v) is 6.75. The van der Waals surface area contributed by atoms with E-state index in [1.165, 1.54) is 0 Å². The van der Waals surface area contributed by atoms with Crippen LogP contribution < -0.4 is 11.1 Å². The number of nitrogens with zero attached hydrogens (tertiary/aromatic N) is 1. The predicted molar refractivity (Wildman–Crippen MR) is 80.5 cm³/mol. The normalized spacial score (nSPS) is 17.5. The van der Waals surface area contributed by atoms with Crippen LogP contribution in [0.4, 0.5) is 0 Å². The number of hydrogen-bond acceptors (Lipinski definition) is 3. The first-order chi connectivity index (χ1) is 9.34. The van der Waals surface area contributed by atoms with Crippen LogP contribution in [0.25, 0.3) is 0 Å². The summed E-state index contributed by atoms with van der Waals surface area (Å²) in [5, 5.41) is 2.76. The number of carbonyl (C=O) groups excluding carboxylic acids is 2. The van der Waals surface area contributed by atoms with E-state index in [1.54, 1.807) is 43.0 Å². The maximum absolute atomic E-state index is 12.6. The zero-order chi connectivity index (χ0) is 14.9. The summed E-state index contributed by atoms with van der Waals surface area (Å²) in [5.74, 6) is -0.342. The topological polar surface area (TPSA) is 75.4 Å². The number of nitrogens with two attached hydrogens (primary N) is 1. The van der Waals surface area contributed by atoms with Gasteiger partial charge in [0.25, 0.3) is 5.91 Å². The van der Waals surface area contributed by atoms with E-state index in [1.807, 2.05) is 0 Å². The molecule has 1 aromatic carbocycles. The summed E-state index contributed by atoms with van der Waals surface area (Å²) in [6, 6.07) is 6.85. The maximum atomic E-state index is 12.6. The minimum Gasteiger partial charge on any atom is -0.389 e. The molecule has 0 bridgehead atoms. The third kappa shape index (κ3) is 2.51. The summed E-state index contributed by atoms with van der Waals surface area (Å²) in [6.07, 6.45) is 0. The van der Waals surface area contributed by atoms with Crippen LogP contribution in [0.1, 0.15) is 29.8 Å². The third-order valence-corrected chi connectivity index (χ3v) is 3.73. The van der Waals surface area contributed by atoms with Gasteiger partial charge in [-0.15, -0.1) is 0 Å². The summed E-state index contributed by atoms with van der Waals surface area (Å²) in [6.45, 7) is 4.41. The van der Waals surface area contributed by atoms with E-state index in [9.17, 15) is 9.59 Å². The number of nitrogens with one attached hydrogen (secondary N) is 1. The second-order valence-corrected chi connectivity index (χ2v) is 5.66. The number of hydrogen-bond donors (Lipinski definition) is 2. The van der Waals surface area contributed by atoms with Crippen molar-refractivity contribution in [2.24, 2.45) is 5.73 Å². The van der Waals surface area contributed by atoms with Gasteiger partial charge in [-0.1, -0.05) is 24.4 Å². The molecule has 1 saturated heterocycles. The molecular weight excluding hydrogens is 274 g/mol. The number of piperazine rings is 1. The predicted octanol–water partition coefficient (Wildman–Crippen LogP) is 0.671. The molecule has 20 heavy (non-hydrogen) atoms. The van der Waals surface area contributed by atoms with Crippen LogP contribution in [0.2, 0.25) is 0 Å². The van der Waals surface area contributed by atoms with Crippen molar-refractivity contribution in [2.75, 3.05) is 13.1 Å². The number of thiocarbonyl (C=S) groups is 1. The highest BCUT2D eigenvalue weighted by Crippen LogP contribution is 2.21. The van der Waals surface area contributed by atoms with Gasteiger partial charge in [0.05, 0.1) is 0 Å². The van der Waals surface area contributed by atoms with E-state index in [2.05, 4.69) is 5.32 Å². The number of carbonyl (C=O) groups is 2. The molecule has 1 heterocycles. The zero-order valence-electron chi connectivity index (χ0n) is 11.5. The van der Waals surface area contributed by atoms with Crippen LogP contribution in [0, 0.1) is 0 Å². The molecule has 6 heteroatoms. The number of amides is 2. The standard InChI is InChI=1S/C14H17N3O2S/c1-14(2)13(19)16-6-7-17(14)12(18)10-5-3-4-9(8-10)11(15)20/h3-5,8H,6-7H2,1-2H3,(H2,15,20)(H,16,19). The summed E-state index contributed by atoms with van der Waals surface area (Å²) in [7, 11) is 0. The van der Waals surface area contributed by atoms with E-state index < -0.39 is 5.54 Å². The lowest BCUT2D eigenvalue weighted by Crippen LogP contribution is -2.63. The first-order valence-electron chi connectivity index (χ1n) is 6.34. The average molecular weight is 291 g/mol. The summed E-state index contributed by atoms with van der Waals surface area (Å²) in [5.41, 5.74) is 5.84. The van der Waals surface area contributed by atoms with Crippen LogP contribution in [0.15, 0.2) is 24.3 Å². The van der Waals surface area contributed by atoms with Gasteiger partial charge in [-0.05, 0) is 26.0 Å². The Kier molecular flexibility index (Phi) is 3.76. The molecule has 3 N–H and O–H groups in total. The van der Waals surface area contributed by atoms with Crippen LogP contribution >= 0.6 is 12.2 Å². The van der Waals surface area contributed by atoms with Crippen LogP contribution in [0.5, 0.6) is 0 Å². The fourth-order valence-corrected chi connectivity index (χ4v) is 2.34. The molecule has 2 amide bonds. The first kappa shape index (κ1) is 14.5. The molecule has 0 radical (unpaired) electrons. The van der Waals surface area contributed by atoms with Gasteiger partial charge in [-0.25, -0.2) is 0 Å². The second-order valence-electron chi connectivity index (χ2n) is 5.22. The van der Waals surface area contributed by atoms with Gasteiger partial charge in [0.2, 0.25) is 5.91 Å². The van der Waals surface area contributed by atoms with Crippen LogP contribution in [-0.2, 0) is 4.79 Å². The second kappa shape index (κ2) is 5.20. The lowest BCUT2D eigenvalue weighted by Gasteiger charge is -2.41. The van der Waals surface area contributed by atoms with Gasteiger partial charge in [0.1, 0.15) is 10.5 Å². The molecule has 5 nitrogen and oxygen atoms in total. The molecule has 0 aliphatic carbocycles. The van der Waals surface area contributed by atoms with E-state index in [-0.39, 0.29) is 16.8 Å². The van der Waals surface area contributed by atoms with Crippen LogP contribution in [-0.4, -0.2) is 40.3 Å². The van der Waals surface area contributed by atoms with Gasteiger partial charge in [0.15, 0.2) is 0 Å². The Morgan fingerprint density at radius 1 is 1.40 bits per heavy atom. The SMILES string of the molecule is CC1(C)C(=O)NCCN1C(=O)c1cccc(C(N)=S)c1. The Hall–Kier alpha value is -1.95. The van der Waals surface area contributed by atoms with Crippen molar-refractivity contribution in [3.05, 3.63) is 35.4 Å². The monoisotopic (exact) mass is 291 g/mol. The minimum atomic E-state index is -0.867. The Balaban J connectivity index is 2.33. The third-order valence-electron chi connectivity index (χ3n) is 3.49. The fourth-order valence-electron chi connectivity index (χ4n) is 2.22. The quantitative estimate of drug-likeness (QED) is 0.785. The molecule has 106 valence electrons. The van der Waals surface area contributed by atoms with E-state index in [4.69, 9.17) is 18.0 Å². The van der Waals surface area contributed by atoms with E-state index in [0.717, 1.165) is 0 Å². The maximum Gasteiger partial charge on any atom is 0.254 e. The lowest BCUT2D eigenvalue weighted by molar-refractivity contribution is -0.133. The highest BCUT2D eigenvalue weighted by atomic mass is 32.1. The molecule has 0 atom stereocenters. The van der Waals surface area contributed by atoms with Crippen molar-refractivity contribution in [1.82, 2.24) is 10.2 Å². The zero-order valence-corrected chi connectivity index (χ0v) is 12.3. The van der Waals surface area contributed by atoms with Gasteiger partial charge >= 0.3 is 0 Å². The Labute approximate surface area is 123 Å². The van der Waals surface area contributed by atoms with Crippen molar-refractivity contribution in [3.63, 3.8) is 0 Å². The molecule has 0 saturated carbocycles. The Morgan fingerprint density at radius 2 is 2.05 bits per heavy atom. The van der Waals surface area contributed by atoms with Crippen molar-refractivity contribution in [3.8, 4) is 0 Å². The number of benzene rings is 1. The van der Waals surface area contributed by atoms with Crippen molar-refractivity contribution in [1.29, 1.82) is 0 Å². The molecule has 1 fully saturated rings. The molecular formula is C14H17N3O2S. The van der Waals surface area contributed by atoms with E-state index in [0.29, 0.717) is 24.2 Å². The smallest absolute Gasteiger partial charge is 0.254 e.